The predicted octanol–water partition coefficient (Wildman–Crippen LogP) is 2.64. The summed E-state index contributed by atoms with van der Waals surface area (Å²) < 4.78 is 43.8. The Hall–Kier alpha value is -2.16. The van der Waals surface area contributed by atoms with Crippen LogP contribution in [0.3, 0.4) is 0 Å². The molecule has 112 valence electrons. The van der Waals surface area contributed by atoms with Gasteiger partial charge < -0.3 is 15.6 Å². The molecular weight excluding hydrogens is 305 g/mol. The second kappa shape index (κ2) is 5.68. The van der Waals surface area contributed by atoms with E-state index >= 15 is 0 Å². The fraction of sp³-hybridized carbons (Fsp3) is 0.250. The number of halogens is 3. The lowest BCUT2D eigenvalue weighted by Crippen LogP contribution is -2.18. The number of aromatic nitrogens is 2. The second-order valence-corrected chi connectivity index (χ2v) is 4.65. The molecule has 2 rings (SSSR count). The third-order valence-corrected chi connectivity index (χ3v) is 2.82. The van der Waals surface area contributed by atoms with Crippen LogP contribution in [-0.2, 0) is 12.7 Å². The summed E-state index contributed by atoms with van der Waals surface area (Å²) in [6, 6.07) is 3.62. The lowest BCUT2D eigenvalue weighted by Gasteiger charge is -2.14. The molecule has 0 aliphatic heterocycles. The maximum absolute atomic E-state index is 13.0. The first-order valence-corrected chi connectivity index (χ1v) is 6.22. The number of nitrogens with one attached hydrogen (secondary N) is 1. The topological polar surface area (TPSA) is 77.0 Å². The lowest BCUT2D eigenvalue weighted by atomic mass is 10.1. The van der Waals surface area contributed by atoms with E-state index in [0.717, 1.165) is 6.07 Å². The van der Waals surface area contributed by atoms with E-state index in [9.17, 15) is 13.2 Å². The van der Waals surface area contributed by atoms with Crippen molar-refractivity contribution in [2.45, 2.75) is 19.6 Å². The van der Waals surface area contributed by atoms with Crippen LogP contribution >= 0.6 is 12.2 Å². The molecule has 0 bridgehead atoms. The Bertz CT molecular complexity index is 669. The van der Waals surface area contributed by atoms with E-state index in [0.29, 0.717) is 5.82 Å². The summed E-state index contributed by atoms with van der Waals surface area (Å²) in [4.78, 5) is 3.64. The van der Waals surface area contributed by atoms with E-state index in [4.69, 9.17) is 10.3 Å². The Morgan fingerprint density at radius 1 is 1.43 bits per heavy atom. The van der Waals surface area contributed by atoms with Crippen molar-refractivity contribution in [3.63, 3.8) is 0 Å². The van der Waals surface area contributed by atoms with Crippen molar-refractivity contribution in [2.75, 3.05) is 5.32 Å². The molecule has 0 fully saturated rings. The number of hydrogen-bond donors (Lipinski definition) is 2. The largest absolute Gasteiger partial charge is 0.417 e. The lowest BCUT2D eigenvalue weighted by molar-refractivity contribution is -0.137. The van der Waals surface area contributed by atoms with Crippen LogP contribution in [0.25, 0.3) is 0 Å². The molecule has 9 heteroatoms. The minimum absolute atomic E-state index is 0.116. The van der Waals surface area contributed by atoms with E-state index < -0.39 is 11.7 Å². The van der Waals surface area contributed by atoms with Crippen molar-refractivity contribution in [1.29, 1.82) is 0 Å². The first kappa shape index (κ1) is 15.2. The maximum atomic E-state index is 13.0. The van der Waals surface area contributed by atoms with Crippen molar-refractivity contribution in [3.05, 3.63) is 41.0 Å². The van der Waals surface area contributed by atoms with E-state index in [1.807, 2.05) is 0 Å². The zero-order chi connectivity index (χ0) is 15.6. The molecular formula is C12H11F3N4OS. The van der Waals surface area contributed by atoms with Crippen molar-refractivity contribution in [2.24, 2.45) is 5.73 Å². The van der Waals surface area contributed by atoms with Crippen molar-refractivity contribution in [3.8, 4) is 0 Å². The molecule has 1 aromatic carbocycles. The van der Waals surface area contributed by atoms with Crippen LogP contribution in [0.4, 0.5) is 18.9 Å². The summed E-state index contributed by atoms with van der Waals surface area (Å²) in [5.74, 6) is 0.728. The van der Waals surface area contributed by atoms with E-state index in [-0.39, 0.29) is 28.7 Å². The van der Waals surface area contributed by atoms with Gasteiger partial charge in [-0.05, 0) is 25.1 Å². The van der Waals surface area contributed by atoms with Crippen LogP contribution in [0.15, 0.2) is 22.7 Å². The standard InChI is InChI=1S/C12H11F3N4OS/c1-6-18-10(20-19-6)5-17-7-2-3-8(11(16)21)9(4-7)12(13,14)15/h2-4,17H,5H2,1H3,(H2,16,21). The zero-order valence-corrected chi connectivity index (χ0v) is 11.7. The SMILES string of the molecule is Cc1noc(CNc2ccc(C(N)=S)c(C(F)(F)F)c2)n1. The normalized spacial score (nSPS) is 11.4. The molecule has 0 aliphatic rings. The molecule has 0 radical (unpaired) electrons. The zero-order valence-electron chi connectivity index (χ0n) is 10.9. The maximum Gasteiger partial charge on any atom is 0.417 e. The molecule has 0 amide bonds. The number of benzene rings is 1. The number of thiocarbonyl (C=S) groups is 1. The molecule has 0 saturated heterocycles. The van der Waals surface area contributed by atoms with Gasteiger partial charge in [-0.3, -0.25) is 0 Å². The number of hydrogen-bond acceptors (Lipinski definition) is 5. The summed E-state index contributed by atoms with van der Waals surface area (Å²) in [6.45, 7) is 1.76. The van der Waals surface area contributed by atoms with Gasteiger partial charge in [0.1, 0.15) is 4.99 Å². The fourth-order valence-electron chi connectivity index (χ4n) is 1.69. The van der Waals surface area contributed by atoms with Crippen molar-refractivity contribution in [1.82, 2.24) is 10.1 Å². The van der Waals surface area contributed by atoms with E-state index in [1.54, 1.807) is 6.92 Å². The van der Waals surface area contributed by atoms with Crippen LogP contribution in [0.2, 0.25) is 0 Å². The Balaban J connectivity index is 2.23. The van der Waals surface area contributed by atoms with E-state index in [1.165, 1.54) is 12.1 Å². The molecule has 1 heterocycles. The molecule has 5 nitrogen and oxygen atoms in total. The number of nitrogens with two attached hydrogens (primary N) is 1. The Morgan fingerprint density at radius 2 is 2.14 bits per heavy atom. The van der Waals surface area contributed by atoms with Gasteiger partial charge in [0.15, 0.2) is 5.82 Å². The Labute approximate surface area is 123 Å². The van der Waals surface area contributed by atoms with Gasteiger partial charge in [0.25, 0.3) is 0 Å². The van der Waals surface area contributed by atoms with Gasteiger partial charge in [-0.25, -0.2) is 0 Å². The van der Waals surface area contributed by atoms with Crippen LogP contribution in [0.1, 0.15) is 22.8 Å². The van der Waals surface area contributed by atoms with Gasteiger partial charge in [0.05, 0.1) is 12.1 Å². The molecule has 1 aromatic heterocycles. The summed E-state index contributed by atoms with van der Waals surface area (Å²) in [5.41, 5.74) is 4.46. The molecule has 0 spiro atoms. The molecule has 0 aliphatic carbocycles. The average molecular weight is 316 g/mol. The van der Waals surface area contributed by atoms with Crippen molar-refractivity contribution >= 4 is 22.9 Å². The van der Waals surface area contributed by atoms with Crippen LogP contribution in [-0.4, -0.2) is 15.1 Å². The number of nitrogens with zero attached hydrogens (tertiary/aromatic N) is 2. The fourth-order valence-corrected chi connectivity index (χ4v) is 1.87. The highest BCUT2D eigenvalue weighted by atomic mass is 32.1. The van der Waals surface area contributed by atoms with Crippen LogP contribution in [0, 0.1) is 6.92 Å². The highest BCUT2D eigenvalue weighted by Gasteiger charge is 2.34. The van der Waals surface area contributed by atoms with E-state index in [2.05, 4.69) is 27.7 Å². The summed E-state index contributed by atoms with van der Waals surface area (Å²) in [6.07, 6.45) is -4.54. The summed E-state index contributed by atoms with van der Waals surface area (Å²) in [5, 5.41) is 6.36. The first-order chi connectivity index (χ1) is 9.77. The van der Waals surface area contributed by atoms with Gasteiger partial charge in [-0.2, -0.15) is 18.2 Å². The average Bonchev–Trinajstić information content (AvgIpc) is 2.81. The second-order valence-electron chi connectivity index (χ2n) is 4.21. The number of alkyl halides is 3. The quantitative estimate of drug-likeness (QED) is 0.845. The molecule has 0 saturated carbocycles. The Morgan fingerprint density at radius 3 is 2.67 bits per heavy atom. The predicted molar refractivity (Wildman–Crippen MR) is 73.7 cm³/mol. The van der Waals surface area contributed by atoms with Gasteiger partial charge in [-0.1, -0.05) is 17.4 Å². The third kappa shape index (κ3) is 3.69. The number of rotatable bonds is 4. The first-order valence-electron chi connectivity index (χ1n) is 5.81. The van der Waals surface area contributed by atoms with Gasteiger partial charge in [0.2, 0.25) is 5.89 Å². The van der Waals surface area contributed by atoms with Crippen molar-refractivity contribution < 1.29 is 17.7 Å². The van der Waals surface area contributed by atoms with Gasteiger partial charge >= 0.3 is 6.18 Å². The molecule has 2 aromatic rings. The minimum atomic E-state index is -4.54. The Kier molecular flexibility index (Phi) is 4.12. The molecule has 0 atom stereocenters. The summed E-state index contributed by atoms with van der Waals surface area (Å²) >= 11 is 4.63. The summed E-state index contributed by atoms with van der Waals surface area (Å²) in [7, 11) is 0. The van der Waals surface area contributed by atoms with Crippen LogP contribution in [0.5, 0.6) is 0 Å². The van der Waals surface area contributed by atoms with Gasteiger partial charge in [-0.15, -0.1) is 0 Å². The number of aryl methyl sites for hydroxylation is 1. The third-order valence-electron chi connectivity index (χ3n) is 2.60. The number of anilines is 1. The minimum Gasteiger partial charge on any atom is -0.389 e. The highest BCUT2D eigenvalue weighted by molar-refractivity contribution is 7.80. The smallest absolute Gasteiger partial charge is 0.389 e. The molecule has 21 heavy (non-hydrogen) atoms. The monoisotopic (exact) mass is 316 g/mol. The molecule has 3 N–H and O–H groups in total. The molecule has 0 unspecified atom stereocenters. The van der Waals surface area contributed by atoms with Crippen LogP contribution < -0.4 is 11.1 Å². The highest BCUT2D eigenvalue weighted by Crippen LogP contribution is 2.33. The van der Waals surface area contributed by atoms with Gasteiger partial charge in [0, 0.05) is 11.3 Å².